The highest BCUT2D eigenvalue weighted by Gasteiger charge is 2.37. The molecule has 1 amide bonds. The Morgan fingerprint density at radius 2 is 2.04 bits per heavy atom. The van der Waals surface area contributed by atoms with Crippen LogP contribution >= 0.6 is 0 Å². The van der Waals surface area contributed by atoms with Crippen LogP contribution in [-0.2, 0) is 17.6 Å². The van der Waals surface area contributed by atoms with Crippen molar-refractivity contribution in [2.45, 2.75) is 51.0 Å². The number of piperidine rings is 1. The second-order valence-corrected chi connectivity index (χ2v) is 7.32. The van der Waals surface area contributed by atoms with Crippen LogP contribution in [0.1, 0.15) is 54.2 Å². The van der Waals surface area contributed by atoms with Gasteiger partial charge in [-0.05, 0) is 57.1 Å². The number of amides is 1. The number of hydrogen-bond donors (Lipinski definition) is 1. The number of pyridine rings is 1. The standard InChI is InChI=1S/C19H24N2O3/c1-13-5-10-24-19(12-13)6-8-21(9-7-19)18(23)15-11-14-3-2-4-16(14)20-17(15)22/h11-12H,2-10H2,1H3,(H,20,22). The van der Waals surface area contributed by atoms with E-state index in [1.54, 1.807) is 4.90 Å². The Morgan fingerprint density at radius 1 is 1.25 bits per heavy atom. The van der Waals surface area contributed by atoms with Gasteiger partial charge in [0.05, 0.1) is 12.2 Å². The fourth-order valence-electron chi connectivity index (χ4n) is 4.20. The molecule has 3 heterocycles. The van der Waals surface area contributed by atoms with Crippen molar-refractivity contribution in [1.29, 1.82) is 0 Å². The Kier molecular flexibility index (Phi) is 3.83. The van der Waals surface area contributed by atoms with Crippen LogP contribution in [0.2, 0.25) is 0 Å². The van der Waals surface area contributed by atoms with Gasteiger partial charge >= 0.3 is 0 Å². The number of nitrogens with one attached hydrogen (secondary N) is 1. The molecule has 1 fully saturated rings. The van der Waals surface area contributed by atoms with Crippen LogP contribution in [0.3, 0.4) is 0 Å². The number of carbonyl (C=O) groups excluding carboxylic acids is 1. The molecule has 0 bridgehead atoms. The minimum atomic E-state index is -0.245. The highest BCUT2D eigenvalue weighted by atomic mass is 16.5. The molecule has 1 N–H and O–H groups in total. The maximum absolute atomic E-state index is 12.8. The summed E-state index contributed by atoms with van der Waals surface area (Å²) in [6.07, 6.45) is 7.76. The van der Waals surface area contributed by atoms with Crippen LogP contribution in [0.4, 0.5) is 0 Å². The van der Waals surface area contributed by atoms with E-state index in [4.69, 9.17) is 4.74 Å². The van der Waals surface area contributed by atoms with Gasteiger partial charge in [-0.15, -0.1) is 0 Å². The second kappa shape index (κ2) is 5.88. The van der Waals surface area contributed by atoms with E-state index in [1.807, 2.05) is 6.07 Å². The maximum Gasteiger partial charge on any atom is 0.261 e. The van der Waals surface area contributed by atoms with E-state index < -0.39 is 0 Å². The van der Waals surface area contributed by atoms with Gasteiger partial charge in [-0.25, -0.2) is 0 Å². The van der Waals surface area contributed by atoms with Crippen molar-refractivity contribution in [2.24, 2.45) is 0 Å². The molecule has 1 aromatic heterocycles. The molecular weight excluding hydrogens is 304 g/mol. The lowest BCUT2D eigenvalue weighted by Crippen LogP contribution is -2.49. The third-order valence-electron chi connectivity index (χ3n) is 5.61. The van der Waals surface area contributed by atoms with Crippen LogP contribution in [0.25, 0.3) is 0 Å². The van der Waals surface area contributed by atoms with Crippen molar-refractivity contribution in [1.82, 2.24) is 9.88 Å². The molecule has 2 aliphatic heterocycles. The Balaban J connectivity index is 1.51. The van der Waals surface area contributed by atoms with E-state index in [2.05, 4.69) is 18.0 Å². The molecule has 4 rings (SSSR count). The molecule has 1 aliphatic carbocycles. The zero-order valence-electron chi connectivity index (χ0n) is 14.2. The number of hydrogen-bond acceptors (Lipinski definition) is 3. The number of carbonyl (C=O) groups is 1. The van der Waals surface area contributed by atoms with Crippen LogP contribution in [0, 0.1) is 0 Å². The fourth-order valence-corrected chi connectivity index (χ4v) is 4.20. The third-order valence-corrected chi connectivity index (χ3v) is 5.61. The van der Waals surface area contributed by atoms with Gasteiger partial charge in [0.2, 0.25) is 0 Å². The second-order valence-electron chi connectivity index (χ2n) is 7.32. The molecule has 0 atom stereocenters. The van der Waals surface area contributed by atoms with Gasteiger partial charge in [0.25, 0.3) is 11.5 Å². The Labute approximate surface area is 141 Å². The quantitative estimate of drug-likeness (QED) is 0.804. The van der Waals surface area contributed by atoms with Gasteiger partial charge in [0.15, 0.2) is 0 Å². The zero-order chi connectivity index (χ0) is 16.7. The molecule has 0 unspecified atom stereocenters. The topological polar surface area (TPSA) is 62.4 Å². The zero-order valence-corrected chi connectivity index (χ0v) is 14.2. The summed E-state index contributed by atoms with van der Waals surface area (Å²) in [4.78, 5) is 29.8. The fraction of sp³-hybridized carbons (Fsp3) is 0.579. The minimum absolute atomic E-state index is 0.141. The number of H-pyrrole nitrogens is 1. The lowest BCUT2D eigenvalue weighted by molar-refractivity contribution is -0.0522. The normalized spacial score (nSPS) is 22.4. The van der Waals surface area contributed by atoms with Crippen molar-refractivity contribution in [2.75, 3.05) is 19.7 Å². The Morgan fingerprint density at radius 3 is 2.79 bits per heavy atom. The van der Waals surface area contributed by atoms with Gasteiger partial charge < -0.3 is 14.6 Å². The van der Waals surface area contributed by atoms with Crippen molar-refractivity contribution >= 4 is 5.91 Å². The molecule has 0 radical (unpaired) electrons. The van der Waals surface area contributed by atoms with E-state index in [-0.39, 0.29) is 17.1 Å². The molecule has 5 heteroatoms. The average Bonchev–Trinajstić information content (AvgIpc) is 3.01. The predicted molar refractivity (Wildman–Crippen MR) is 91.3 cm³/mol. The number of rotatable bonds is 1. The number of aryl methyl sites for hydroxylation is 2. The van der Waals surface area contributed by atoms with Gasteiger partial charge in [-0.3, -0.25) is 9.59 Å². The van der Waals surface area contributed by atoms with Crippen LogP contribution in [0.15, 0.2) is 22.5 Å². The summed E-state index contributed by atoms with van der Waals surface area (Å²) in [6, 6.07) is 1.81. The van der Waals surface area contributed by atoms with Gasteiger partial charge in [0, 0.05) is 18.8 Å². The molecule has 1 aromatic rings. The van der Waals surface area contributed by atoms with E-state index in [0.29, 0.717) is 18.7 Å². The largest absolute Gasteiger partial charge is 0.370 e. The molecule has 1 saturated heterocycles. The van der Waals surface area contributed by atoms with Crippen molar-refractivity contribution in [3.63, 3.8) is 0 Å². The molecule has 0 saturated carbocycles. The minimum Gasteiger partial charge on any atom is -0.370 e. The summed E-state index contributed by atoms with van der Waals surface area (Å²) in [7, 11) is 0. The van der Waals surface area contributed by atoms with Crippen LogP contribution in [-0.4, -0.2) is 41.1 Å². The highest BCUT2D eigenvalue weighted by Crippen LogP contribution is 2.33. The van der Waals surface area contributed by atoms with E-state index >= 15 is 0 Å². The lowest BCUT2D eigenvalue weighted by atomic mass is 9.87. The van der Waals surface area contributed by atoms with Crippen molar-refractivity contribution < 1.29 is 9.53 Å². The molecular formula is C19H24N2O3. The Bertz CT molecular complexity index is 754. The van der Waals surface area contributed by atoms with E-state index in [9.17, 15) is 9.59 Å². The first-order valence-corrected chi connectivity index (χ1v) is 8.93. The molecule has 5 nitrogen and oxygen atoms in total. The third kappa shape index (κ3) is 2.71. The van der Waals surface area contributed by atoms with Crippen LogP contribution in [0.5, 0.6) is 0 Å². The number of fused-ring (bicyclic) bond motifs is 1. The maximum atomic E-state index is 12.8. The van der Waals surface area contributed by atoms with E-state index in [0.717, 1.165) is 56.4 Å². The monoisotopic (exact) mass is 328 g/mol. The smallest absolute Gasteiger partial charge is 0.261 e. The molecule has 3 aliphatic rings. The summed E-state index contributed by atoms with van der Waals surface area (Å²) in [6.45, 7) is 4.19. The summed E-state index contributed by atoms with van der Waals surface area (Å²) in [5.74, 6) is -0.141. The predicted octanol–water partition coefficient (Wildman–Crippen LogP) is 2.21. The van der Waals surface area contributed by atoms with Crippen molar-refractivity contribution in [3.05, 3.63) is 44.9 Å². The lowest BCUT2D eigenvalue weighted by Gasteiger charge is -2.42. The molecule has 1 spiro atoms. The summed E-state index contributed by atoms with van der Waals surface area (Å²) >= 11 is 0. The van der Waals surface area contributed by atoms with E-state index in [1.165, 1.54) is 5.57 Å². The molecule has 128 valence electrons. The number of aromatic nitrogens is 1. The van der Waals surface area contributed by atoms with Crippen molar-refractivity contribution in [3.8, 4) is 0 Å². The van der Waals surface area contributed by atoms with Crippen LogP contribution < -0.4 is 5.56 Å². The number of likely N-dealkylation sites (tertiary alicyclic amines) is 1. The number of aromatic amines is 1. The van der Waals surface area contributed by atoms with Gasteiger partial charge in [-0.1, -0.05) is 11.6 Å². The summed E-state index contributed by atoms with van der Waals surface area (Å²) in [5, 5.41) is 0. The summed E-state index contributed by atoms with van der Waals surface area (Å²) < 4.78 is 6.01. The Hall–Kier alpha value is -1.88. The number of ether oxygens (including phenoxy) is 1. The SMILES string of the molecule is CC1=CC2(CCN(C(=O)c3cc4c([nH]c3=O)CCC4)CC2)OCC1. The molecule has 0 aromatic carbocycles. The van der Waals surface area contributed by atoms with Gasteiger partial charge in [-0.2, -0.15) is 0 Å². The first-order chi connectivity index (χ1) is 11.6. The first kappa shape index (κ1) is 15.6. The average molecular weight is 328 g/mol. The van der Waals surface area contributed by atoms with Gasteiger partial charge in [0.1, 0.15) is 5.56 Å². The highest BCUT2D eigenvalue weighted by molar-refractivity contribution is 5.94. The molecule has 24 heavy (non-hydrogen) atoms. The first-order valence-electron chi connectivity index (χ1n) is 8.93. The summed E-state index contributed by atoms with van der Waals surface area (Å²) in [5.41, 5.74) is 3.35. The number of nitrogens with zero attached hydrogens (tertiary/aromatic N) is 1.